The minimum Gasteiger partial charge on any atom is -0.374 e. The molecule has 1 unspecified atom stereocenters. The standard InChI is InChI=1S/C13H21NOS/c1-2-12-6-7-13(16-12)10-15-9-11-5-3-4-8-14-11/h6-7,11,14H,2-5,8-10H2,1H3. The van der Waals surface area contributed by atoms with Gasteiger partial charge in [-0.2, -0.15) is 0 Å². The van der Waals surface area contributed by atoms with E-state index in [1.165, 1.54) is 29.0 Å². The maximum Gasteiger partial charge on any atom is 0.0810 e. The van der Waals surface area contributed by atoms with Crippen molar-refractivity contribution in [2.45, 2.75) is 45.3 Å². The molecule has 0 aromatic carbocycles. The Morgan fingerprint density at radius 3 is 2.94 bits per heavy atom. The molecule has 1 aromatic heterocycles. The second-order valence-corrected chi connectivity index (χ2v) is 5.64. The van der Waals surface area contributed by atoms with Gasteiger partial charge < -0.3 is 10.1 Å². The molecule has 2 nitrogen and oxygen atoms in total. The van der Waals surface area contributed by atoms with Gasteiger partial charge in [0.25, 0.3) is 0 Å². The predicted octanol–water partition coefficient (Wildman–Crippen LogP) is 2.97. The van der Waals surface area contributed by atoms with Crippen LogP contribution < -0.4 is 5.32 Å². The van der Waals surface area contributed by atoms with E-state index in [2.05, 4.69) is 24.4 Å². The first-order valence-electron chi connectivity index (χ1n) is 6.27. The first-order chi connectivity index (χ1) is 7.88. The number of hydrogen-bond acceptors (Lipinski definition) is 3. The molecule has 1 fully saturated rings. The Labute approximate surface area is 102 Å². The largest absolute Gasteiger partial charge is 0.374 e. The second kappa shape index (κ2) is 6.38. The third-order valence-electron chi connectivity index (χ3n) is 3.04. The van der Waals surface area contributed by atoms with E-state index in [0.29, 0.717) is 6.04 Å². The number of hydrogen-bond donors (Lipinski definition) is 1. The van der Waals surface area contributed by atoms with Gasteiger partial charge in [-0.3, -0.25) is 0 Å². The average Bonchev–Trinajstić information content (AvgIpc) is 2.78. The summed E-state index contributed by atoms with van der Waals surface area (Å²) in [5, 5.41) is 3.50. The molecule has 0 saturated carbocycles. The van der Waals surface area contributed by atoms with Crippen molar-refractivity contribution < 1.29 is 4.74 Å². The minimum absolute atomic E-state index is 0.583. The first kappa shape index (κ1) is 12.1. The lowest BCUT2D eigenvalue weighted by Crippen LogP contribution is -2.37. The monoisotopic (exact) mass is 239 g/mol. The molecule has 1 saturated heterocycles. The number of thiophene rings is 1. The van der Waals surface area contributed by atoms with Crippen LogP contribution in [0.5, 0.6) is 0 Å². The van der Waals surface area contributed by atoms with Gasteiger partial charge >= 0.3 is 0 Å². The third-order valence-corrected chi connectivity index (χ3v) is 4.24. The van der Waals surface area contributed by atoms with Crippen molar-refractivity contribution in [2.75, 3.05) is 13.2 Å². The van der Waals surface area contributed by atoms with E-state index in [4.69, 9.17) is 4.74 Å². The van der Waals surface area contributed by atoms with E-state index in [1.807, 2.05) is 11.3 Å². The fourth-order valence-electron chi connectivity index (χ4n) is 2.06. The summed E-state index contributed by atoms with van der Waals surface area (Å²) < 4.78 is 5.76. The van der Waals surface area contributed by atoms with Gasteiger partial charge in [-0.05, 0) is 37.9 Å². The van der Waals surface area contributed by atoms with E-state index in [9.17, 15) is 0 Å². The molecule has 3 heteroatoms. The molecule has 1 aliphatic heterocycles. The van der Waals surface area contributed by atoms with Crippen LogP contribution in [0, 0.1) is 0 Å². The van der Waals surface area contributed by atoms with Crippen LogP contribution in [0.2, 0.25) is 0 Å². The van der Waals surface area contributed by atoms with Crippen LogP contribution >= 0.6 is 11.3 Å². The molecule has 0 bridgehead atoms. The third kappa shape index (κ3) is 3.58. The van der Waals surface area contributed by atoms with Gasteiger partial charge in [0, 0.05) is 15.8 Å². The van der Waals surface area contributed by atoms with Crippen LogP contribution in [0.1, 0.15) is 35.9 Å². The summed E-state index contributed by atoms with van der Waals surface area (Å²) >= 11 is 1.87. The van der Waals surface area contributed by atoms with Crippen molar-refractivity contribution in [1.82, 2.24) is 5.32 Å². The molecule has 1 aliphatic rings. The maximum atomic E-state index is 5.76. The lowest BCUT2D eigenvalue weighted by atomic mass is 10.1. The first-order valence-corrected chi connectivity index (χ1v) is 7.09. The zero-order valence-corrected chi connectivity index (χ0v) is 10.8. The SMILES string of the molecule is CCc1ccc(COCC2CCCCN2)s1. The highest BCUT2D eigenvalue weighted by Gasteiger charge is 2.12. The molecule has 1 aromatic rings. The number of aryl methyl sites for hydroxylation is 1. The predicted molar refractivity (Wildman–Crippen MR) is 69.0 cm³/mol. The van der Waals surface area contributed by atoms with Crippen LogP contribution in [0.25, 0.3) is 0 Å². The molecule has 1 atom stereocenters. The van der Waals surface area contributed by atoms with Crippen molar-refractivity contribution in [2.24, 2.45) is 0 Å². The topological polar surface area (TPSA) is 21.3 Å². The zero-order chi connectivity index (χ0) is 11.2. The Hall–Kier alpha value is -0.380. The fraction of sp³-hybridized carbons (Fsp3) is 0.692. The number of piperidine rings is 1. The highest BCUT2D eigenvalue weighted by Crippen LogP contribution is 2.18. The molecular formula is C13H21NOS. The average molecular weight is 239 g/mol. The van der Waals surface area contributed by atoms with Crippen molar-refractivity contribution in [3.63, 3.8) is 0 Å². The molecular weight excluding hydrogens is 218 g/mol. The fourth-order valence-corrected chi connectivity index (χ4v) is 2.95. The van der Waals surface area contributed by atoms with E-state index < -0.39 is 0 Å². The number of ether oxygens (including phenoxy) is 1. The van der Waals surface area contributed by atoms with Crippen LogP contribution in [0.4, 0.5) is 0 Å². The Balaban J connectivity index is 1.66. The van der Waals surface area contributed by atoms with Crippen molar-refractivity contribution in [3.8, 4) is 0 Å². The normalized spacial score (nSPS) is 21.2. The molecule has 2 heterocycles. The summed E-state index contributed by atoms with van der Waals surface area (Å²) in [6, 6.07) is 4.99. The quantitative estimate of drug-likeness (QED) is 0.853. The van der Waals surface area contributed by atoms with Crippen molar-refractivity contribution in [3.05, 3.63) is 21.9 Å². The minimum atomic E-state index is 0.583. The van der Waals surface area contributed by atoms with Crippen LogP contribution in [0.15, 0.2) is 12.1 Å². The highest BCUT2D eigenvalue weighted by molar-refractivity contribution is 7.11. The second-order valence-electron chi connectivity index (χ2n) is 4.38. The van der Waals surface area contributed by atoms with E-state index in [1.54, 1.807) is 0 Å². The molecule has 2 rings (SSSR count). The maximum absolute atomic E-state index is 5.76. The van der Waals surface area contributed by atoms with Gasteiger partial charge in [-0.1, -0.05) is 13.3 Å². The molecule has 16 heavy (non-hydrogen) atoms. The number of rotatable bonds is 5. The Kier molecular flexibility index (Phi) is 4.82. The molecule has 0 amide bonds. The van der Waals surface area contributed by atoms with Gasteiger partial charge in [0.05, 0.1) is 13.2 Å². The Morgan fingerprint density at radius 1 is 1.38 bits per heavy atom. The summed E-state index contributed by atoms with van der Waals surface area (Å²) in [4.78, 5) is 2.81. The van der Waals surface area contributed by atoms with Crippen LogP contribution in [-0.2, 0) is 17.8 Å². The van der Waals surface area contributed by atoms with E-state index in [-0.39, 0.29) is 0 Å². The van der Waals surface area contributed by atoms with Crippen molar-refractivity contribution in [1.29, 1.82) is 0 Å². The van der Waals surface area contributed by atoms with E-state index in [0.717, 1.165) is 26.2 Å². The van der Waals surface area contributed by atoms with E-state index >= 15 is 0 Å². The van der Waals surface area contributed by atoms with Gasteiger partial charge in [-0.15, -0.1) is 11.3 Å². The van der Waals surface area contributed by atoms with Gasteiger partial charge in [0.15, 0.2) is 0 Å². The molecule has 1 N–H and O–H groups in total. The van der Waals surface area contributed by atoms with Gasteiger partial charge in [0.1, 0.15) is 0 Å². The summed E-state index contributed by atoms with van der Waals surface area (Å²) in [6.07, 6.45) is 5.07. The number of nitrogens with one attached hydrogen (secondary N) is 1. The smallest absolute Gasteiger partial charge is 0.0810 e. The Bertz CT molecular complexity index is 305. The lowest BCUT2D eigenvalue weighted by molar-refractivity contribution is 0.0928. The van der Waals surface area contributed by atoms with Crippen LogP contribution in [-0.4, -0.2) is 19.2 Å². The van der Waals surface area contributed by atoms with Crippen molar-refractivity contribution >= 4 is 11.3 Å². The van der Waals surface area contributed by atoms with Gasteiger partial charge in [-0.25, -0.2) is 0 Å². The Morgan fingerprint density at radius 2 is 2.25 bits per heavy atom. The lowest BCUT2D eigenvalue weighted by Gasteiger charge is -2.22. The van der Waals surface area contributed by atoms with Crippen LogP contribution in [0.3, 0.4) is 0 Å². The molecule has 0 spiro atoms. The molecule has 90 valence electrons. The summed E-state index contributed by atoms with van der Waals surface area (Å²) in [5.41, 5.74) is 0. The summed E-state index contributed by atoms with van der Waals surface area (Å²) in [5.74, 6) is 0. The van der Waals surface area contributed by atoms with Gasteiger partial charge in [0.2, 0.25) is 0 Å². The molecule has 0 aliphatic carbocycles. The summed E-state index contributed by atoms with van der Waals surface area (Å²) in [6.45, 7) is 5.00. The highest BCUT2D eigenvalue weighted by atomic mass is 32.1. The molecule has 0 radical (unpaired) electrons. The summed E-state index contributed by atoms with van der Waals surface area (Å²) in [7, 11) is 0. The zero-order valence-electron chi connectivity index (χ0n) is 10.00.